The molecule has 1 saturated heterocycles. The number of rotatable bonds is 5. The van der Waals surface area contributed by atoms with Gasteiger partial charge in [0.1, 0.15) is 0 Å². The van der Waals surface area contributed by atoms with Gasteiger partial charge in [0.2, 0.25) is 9.84 Å². The molecule has 0 spiro atoms. The summed E-state index contributed by atoms with van der Waals surface area (Å²) >= 11 is 0. The molecule has 0 aliphatic carbocycles. The Morgan fingerprint density at radius 2 is 1.77 bits per heavy atom. The van der Waals surface area contributed by atoms with Gasteiger partial charge < -0.3 is 14.5 Å². The molecule has 2 amide bonds. The molecule has 2 aliphatic rings. The Labute approximate surface area is 234 Å². The molecular formula is C31H32N2O6S. The zero-order chi connectivity index (χ0) is 28.6. The van der Waals surface area contributed by atoms with E-state index in [-0.39, 0.29) is 58.2 Å². The van der Waals surface area contributed by atoms with Crippen molar-refractivity contribution in [3.63, 3.8) is 0 Å². The van der Waals surface area contributed by atoms with Gasteiger partial charge >= 0.3 is 5.97 Å². The molecule has 1 unspecified atom stereocenters. The number of benzene rings is 3. The van der Waals surface area contributed by atoms with E-state index in [4.69, 9.17) is 4.74 Å². The summed E-state index contributed by atoms with van der Waals surface area (Å²) in [6, 6.07) is 16.5. The average Bonchev–Trinajstić information content (AvgIpc) is 3.02. The lowest BCUT2D eigenvalue weighted by Gasteiger charge is -2.32. The first-order chi connectivity index (χ1) is 19.1. The van der Waals surface area contributed by atoms with Crippen LogP contribution in [-0.2, 0) is 25.9 Å². The van der Waals surface area contributed by atoms with Crippen LogP contribution in [0.25, 0.3) is 0 Å². The van der Waals surface area contributed by atoms with Crippen LogP contribution in [0.2, 0.25) is 0 Å². The second kappa shape index (κ2) is 10.9. The van der Waals surface area contributed by atoms with Crippen molar-refractivity contribution in [2.75, 3.05) is 24.6 Å². The maximum Gasteiger partial charge on any atom is 0.310 e. The Kier molecular flexibility index (Phi) is 7.51. The highest BCUT2D eigenvalue weighted by Gasteiger charge is 2.37. The van der Waals surface area contributed by atoms with Crippen LogP contribution in [0.4, 0.5) is 5.69 Å². The Morgan fingerprint density at radius 3 is 2.55 bits per heavy atom. The molecule has 3 aromatic carbocycles. The van der Waals surface area contributed by atoms with Crippen molar-refractivity contribution in [3.8, 4) is 0 Å². The van der Waals surface area contributed by atoms with Crippen LogP contribution in [0, 0.1) is 19.8 Å². The second-order valence-electron chi connectivity index (χ2n) is 10.3. The molecule has 2 heterocycles. The van der Waals surface area contributed by atoms with Crippen LogP contribution in [0.1, 0.15) is 57.2 Å². The number of nitrogens with zero attached hydrogens (tertiary/aromatic N) is 2. The van der Waals surface area contributed by atoms with E-state index in [0.29, 0.717) is 19.4 Å². The van der Waals surface area contributed by atoms with Gasteiger partial charge in [-0.05, 0) is 75.1 Å². The number of sulfone groups is 1. The number of esters is 1. The standard InChI is InChI=1S/C31H32N2O6S/c1-4-39-31(36)23-8-7-15-32(18-23)29(34)22-13-14-28-26(17-22)33(19-24-16-20(2)11-12-21(24)3)30(35)25-9-5-6-10-27(25)40(28,37)38/h5-6,9-14,16-17,23H,4,7-8,15,18-19H2,1-3H3. The topological polar surface area (TPSA) is 101 Å². The Balaban J connectivity index is 1.60. The minimum atomic E-state index is -4.06. The summed E-state index contributed by atoms with van der Waals surface area (Å²) in [7, 11) is -4.06. The van der Waals surface area contributed by atoms with E-state index < -0.39 is 21.7 Å². The maximum absolute atomic E-state index is 14.0. The van der Waals surface area contributed by atoms with Crippen LogP contribution in [0.15, 0.2) is 70.5 Å². The van der Waals surface area contributed by atoms with Crippen LogP contribution < -0.4 is 4.90 Å². The fourth-order valence-corrected chi connectivity index (χ4v) is 7.07. The number of hydrogen-bond acceptors (Lipinski definition) is 6. The molecule has 2 aliphatic heterocycles. The second-order valence-corrected chi connectivity index (χ2v) is 12.2. The van der Waals surface area contributed by atoms with E-state index in [1.807, 2.05) is 32.0 Å². The molecule has 9 heteroatoms. The number of ether oxygens (including phenoxy) is 1. The number of anilines is 1. The first-order valence-electron chi connectivity index (χ1n) is 13.4. The predicted molar refractivity (Wildman–Crippen MR) is 150 cm³/mol. The highest BCUT2D eigenvalue weighted by atomic mass is 32.2. The molecule has 0 saturated carbocycles. The molecule has 5 rings (SSSR count). The average molecular weight is 561 g/mol. The van der Waals surface area contributed by atoms with Gasteiger partial charge in [-0.1, -0.05) is 35.9 Å². The quantitative estimate of drug-likeness (QED) is 0.419. The first kappa shape index (κ1) is 27.6. The molecule has 0 N–H and O–H groups in total. The normalized spacial score (nSPS) is 18.0. The van der Waals surface area contributed by atoms with Gasteiger partial charge in [-0.15, -0.1) is 0 Å². The van der Waals surface area contributed by atoms with Crippen LogP contribution in [-0.4, -0.2) is 50.8 Å². The minimum Gasteiger partial charge on any atom is -0.466 e. The zero-order valence-electron chi connectivity index (χ0n) is 22.8. The van der Waals surface area contributed by atoms with Crippen LogP contribution in [0.5, 0.6) is 0 Å². The minimum absolute atomic E-state index is 0.0318. The molecule has 40 heavy (non-hydrogen) atoms. The van der Waals surface area contributed by atoms with Crippen LogP contribution in [0.3, 0.4) is 0 Å². The van der Waals surface area contributed by atoms with Crippen molar-refractivity contribution < 1.29 is 27.5 Å². The monoisotopic (exact) mass is 560 g/mol. The predicted octanol–water partition coefficient (Wildman–Crippen LogP) is 4.71. The molecule has 208 valence electrons. The summed E-state index contributed by atoms with van der Waals surface area (Å²) in [6.45, 7) is 6.75. The Hall–Kier alpha value is -3.98. The Morgan fingerprint density at radius 1 is 1.00 bits per heavy atom. The van der Waals surface area contributed by atoms with Crippen molar-refractivity contribution >= 4 is 33.3 Å². The fraction of sp³-hybridized carbons (Fsp3) is 0.323. The smallest absolute Gasteiger partial charge is 0.310 e. The van der Waals surface area contributed by atoms with E-state index >= 15 is 0 Å². The first-order valence-corrected chi connectivity index (χ1v) is 14.9. The lowest BCUT2D eigenvalue weighted by molar-refractivity contribution is -0.149. The number of piperidine rings is 1. The highest BCUT2D eigenvalue weighted by Crippen LogP contribution is 2.39. The highest BCUT2D eigenvalue weighted by molar-refractivity contribution is 7.91. The molecule has 1 atom stereocenters. The molecular weight excluding hydrogens is 528 g/mol. The number of hydrogen-bond donors (Lipinski definition) is 0. The molecule has 1 fully saturated rings. The molecule has 0 bridgehead atoms. The SMILES string of the molecule is CCOC(=O)C1CCCN(C(=O)c2ccc3c(c2)N(Cc2cc(C)ccc2C)C(=O)c2ccccc2S3(=O)=O)C1. The largest absolute Gasteiger partial charge is 0.466 e. The molecule has 0 aromatic heterocycles. The molecule has 0 radical (unpaired) electrons. The third-order valence-electron chi connectivity index (χ3n) is 7.60. The van der Waals surface area contributed by atoms with Gasteiger partial charge in [0, 0.05) is 18.7 Å². The van der Waals surface area contributed by atoms with Gasteiger partial charge in [0.25, 0.3) is 11.8 Å². The number of likely N-dealkylation sites (tertiary alicyclic amines) is 1. The summed E-state index contributed by atoms with van der Waals surface area (Å²) in [6.07, 6.45) is 1.29. The van der Waals surface area contributed by atoms with Gasteiger partial charge in [-0.3, -0.25) is 14.4 Å². The zero-order valence-corrected chi connectivity index (χ0v) is 23.7. The molecule has 3 aromatic rings. The van der Waals surface area contributed by atoms with Crippen molar-refractivity contribution in [1.82, 2.24) is 4.90 Å². The lowest BCUT2D eigenvalue weighted by atomic mass is 9.97. The number of amides is 2. The van der Waals surface area contributed by atoms with Crippen molar-refractivity contribution in [1.29, 1.82) is 0 Å². The number of carbonyl (C=O) groups is 3. The lowest BCUT2D eigenvalue weighted by Crippen LogP contribution is -2.43. The van der Waals surface area contributed by atoms with Crippen molar-refractivity contribution in [2.45, 2.75) is 49.9 Å². The third-order valence-corrected chi connectivity index (χ3v) is 9.46. The van der Waals surface area contributed by atoms with Gasteiger partial charge in [-0.25, -0.2) is 8.42 Å². The summed E-state index contributed by atoms with van der Waals surface area (Å²) in [5.41, 5.74) is 3.36. The van der Waals surface area contributed by atoms with E-state index in [2.05, 4.69) is 0 Å². The van der Waals surface area contributed by atoms with Gasteiger partial charge in [-0.2, -0.15) is 0 Å². The molecule has 8 nitrogen and oxygen atoms in total. The van der Waals surface area contributed by atoms with Crippen molar-refractivity contribution in [3.05, 3.63) is 88.5 Å². The summed E-state index contributed by atoms with van der Waals surface area (Å²) in [5, 5.41) is 0. The summed E-state index contributed by atoms with van der Waals surface area (Å²) < 4.78 is 32.8. The van der Waals surface area contributed by atoms with Crippen molar-refractivity contribution in [2.24, 2.45) is 5.92 Å². The fourth-order valence-electron chi connectivity index (χ4n) is 5.43. The van der Waals surface area contributed by atoms with Gasteiger partial charge in [0.05, 0.1) is 40.1 Å². The summed E-state index contributed by atoms with van der Waals surface area (Å²) in [5.74, 6) is -1.51. The number of carbonyl (C=O) groups excluding carboxylic acids is 3. The van der Waals surface area contributed by atoms with E-state index in [0.717, 1.165) is 16.7 Å². The Bertz CT molecular complexity index is 1610. The van der Waals surface area contributed by atoms with E-state index in [1.54, 1.807) is 24.0 Å². The number of aryl methyl sites for hydroxylation is 2. The maximum atomic E-state index is 14.0. The summed E-state index contributed by atoms with van der Waals surface area (Å²) in [4.78, 5) is 42.9. The van der Waals surface area contributed by atoms with Gasteiger partial charge in [0.15, 0.2) is 0 Å². The third kappa shape index (κ3) is 5.01. The van der Waals surface area contributed by atoms with E-state index in [1.165, 1.54) is 35.2 Å². The number of fused-ring (bicyclic) bond motifs is 2. The van der Waals surface area contributed by atoms with Crippen LogP contribution >= 0.6 is 0 Å². The van der Waals surface area contributed by atoms with E-state index in [9.17, 15) is 22.8 Å².